The van der Waals surface area contributed by atoms with E-state index in [9.17, 15) is 0 Å². The molecule has 0 spiro atoms. The zero-order valence-corrected chi connectivity index (χ0v) is 12.1. The first kappa shape index (κ1) is 12.9. The van der Waals surface area contributed by atoms with Gasteiger partial charge in [0.1, 0.15) is 0 Å². The van der Waals surface area contributed by atoms with Crippen LogP contribution in [0.2, 0.25) is 0 Å². The Kier molecular flexibility index (Phi) is 3.51. The third-order valence-electron chi connectivity index (χ3n) is 3.92. The van der Waals surface area contributed by atoms with Crippen molar-refractivity contribution >= 4 is 10.8 Å². The van der Waals surface area contributed by atoms with Crippen LogP contribution in [0.1, 0.15) is 25.1 Å². The molecule has 0 aliphatic rings. The molecule has 3 aromatic rings. The Morgan fingerprint density at radius 1 is 0.800 bits per heavy atom. The molecular weight excluding hydrogens is 242 g/mol. The molecule has 0 amide bonds. The molecular formula is C19H20N+. The summed E-state index contributed by atoms with van der Waals surface area (Å²) < 4.78 is 2.35. The average molecular weight is 262 g/mol. The fourth-order valence-electron chi connectivity index (χ4n) is 3.00. The minimum absolute atomic E-state index is 1.04. The van der Waals surface area contributed by atoms with E-state index in [1.807, 2.05) is 0 Å². The number of aryl methyl sites for hydroxylation is 1. The first-order valence-electron chi connectivity index (χ1n) is 7.35. The fourth-order valence-corrected chi connectivity index (χ4v) is 3.00. The Morgan fingerprint density at radius 2 is 1.50 bits per heavy atom. The van der Waals surface area contributed by atoms with Crippen LogP contribution in [0.25, 0.3) is 16.5 Å². The number of hydrogen-bond acceptors (Lipinski definition) is 0. The highest BCUT2D eigenvalue weighted by Gasteiger charge is 2.19. The minimum Gasteiger partial charge on any atom is -0.164 e. The van der Waals surface area contributed by atoms with E-state index >= 15 is 0 Å². The molecule has 0 saturated heterocycles. The van der Waals surface area contributed by atoms with Gasteiger partial charge in [0, 0.05) is 29.5 Å². The summed E-state index contributed by atoms with van der Waals surface area (Å²) in [6.45, 7) is 4.49. The largest absolute Gasteiger partial charge is 0.210 e. The van der Waals surface area contributed by atoms with Crippen molar-refractivity contribution in [3.63, 3.8) is 0 Å². The van der Waals surface area contributed by atoms with Gasteiger partial charge in [-0.3, -0.25) is 0 Å². The van der Waals surface area contributed by atoms with Crippen molar-refractivity contribution < 1.29 is 4.57 Å². The van der Waals surface area contributed by atoms with Crippen LogP contribution in [-0.2, 0) is 12.8 Å². The summed E-state index contributed by atoms with van der Waals surface area (Å²) in [7, 11) is 0. The number of nitrogens with zero attached hydrogens (tertiary/aromatic N) is 1. The molecule has 2 aromatic carbocycles. The van der Waals surface area contributed by atoms with Crippen LogP contribution in [0.15, 0.2) is 60.8 Å². The van der Waals surface area contributed by atoms with Gasteiger partial charge in [-0.15, -0.1) is 0 Å². The number of pyridine rings is 1. The van der Waals surface area contributed by atoms with E-state index < -0.39 is 0 Å². The van der Waals surface area contributed by atoms with Crippen molar-refractivity contribution in [2.24, 2.45) is 0 Å². The highest BCUT2D eigenvalue weighted by atomic mass is 15.0. The summed E-state index contributed by atoms with van der Waals surface area (Å²) in [6, 6.07) is 19.3. The molecule has 0 fully saturated rings. The molecule has 1 nitrogen and oxygen atoms in total. The second-order valence-electron chi connectivity index (χ2n) is 5.05. The van der Waals surface area contributed by atoms with Gasteiger partial charge >= 0.3 is 0 Å². The monoisotopic (exact) mass is 262 g/mol. The van der Waals surface area contributed by atoms with Gasteiger partial charge in [-0.25, -0.2) is 0 Å². The SMILES string of the molecule is CCc1c(CC)[n+](-c2ccccc2)cc2ccccc12. The zero-order chi connectivity index (χ0) is 13.9. The lowest BCUT2D eigenvalue weighted by Gasteiger charge is -2.10. The Balaban J connectivity index is 2.37. The second-order valence-corrected chi connectivity index (χ2v) is 5.05. The molecule has 1 aromatic heterocycles. The van der Waals surface area contributed by atoms with Crippen molar-refractivity contribution in [3.05, 3.63) is 72.1 Å². The van der Waals surface area contributed by atoms with Crippen LogP contribution in [0, 0.1) is 0 Å². The van der Waals surface area contributed by atoms with Gasteiger partial charge in [-0.2, -0.15) is 4.57 Å². The number of benzene rings is 2. The third-order valence-corrected chi connectivity index (χ3v) is 3.92. The van der Waals surface area contributed by atoms with Crippen LogP contribution in [0.4, 0.5) is 0 Å². The summed E-state index contributed by atoms with van der Waals surface area (Å²) >= 11 is 0. The summed E-state index contributed by atoms with van der Waals surface area (Å²) in [5.41, 5.74) is 4.12. The maximum absolute atomic E-state index is 2.35. The number of para-hydroxylation sites is 1. The molecule has 0 bridgehead atoms. The van der Waals surface area contributed by atoms with E-state index in [0.717, 1.165) is 12.8 Å². The minimum atomic E-state index is 1.04. The highest BCUT2D eigenvalue weighted by Crippen LogP contribution is 2.21. The van der Waals surface area contributed by atoms with Gasteiger partial charge in [0.25, 0.3) is 0 Å². The van der Waals surface area contributed by atoms with Gasteiger partial charge in [0.2, 0.25) is 5.69 Å². The predicted octanol–water partition coefficient (Wildman–Crippen LogP) is 4.24. The molecule has 20 heavy (non-hydrogen) atoms. The summed E-state index contributed by atoms with van der Waals surface area (Å²) in [4.78, 5) is 0. The lowest BCUT2D eigenvalue weighted by molar-refractivity contribution is -0.603. The lowest BCUT2D eigenvalue weighted by Crippen LogP contribution is -2.36. The number of aromatic nitrogens is 1. The van der Waals surface area contributed by atoms with E-state index in [1.165, 1.54) is 27.7 Å². The standard InChI is InChI=1S/C19H20N/c1-3-17-18-13-9-8-10-15(18)14-20(19(17)4-2)16-11-6-5-7-12-16/h5-14H,3-4H2,1-2H3/q+1. The third kappa shape index (κ3) is 2.09. The molecule has 100 valence electrons. The van der Waals surface area contributed by atoms with Crippen LogP contribution in [-0.4, -0.2) is 0 Å². The molecule has 0 aliphatic carbocycles. The molecule has 0 radical (unpaired) electrons. The van der Waals surface area contributed by atoms with Crippen molar-refractivity contribution in [2.45, 2.75) is 26.7 Å². The van der Waals surface area contributed by atoms with Crippen molar-refractivity contribution in [3.8, 4) is 5.69 Å². The second kappa shape index (κ2) is 5.46. The van der Waals surface area contributed by atoms with Crippen LogP contribution >= 0.6 is 0 Å². The molecule has 0 N–H and O–H groups in total. The van der Waals surface area contributed by atoms with Gasteiger partial charge in [-0.1, -0.05) is 50.2 Å². The summed E-state index contributed by atoms with van der Waals surface area (Å²) in [5, 5.41) is 2.70. The number of fused-ring (bicyclic) bond motifs is 1. The van der Waals surface area contributed by atoms with Crippen molar-refractivity contribution in [1.29, 1.82) is 0 Å². The Morgan fingerprint density at radius 3 is 2.20 bits per heavy atom. The Labute approximate surface area is 120 Å². The zero-order valence-electron chi connectivity index (χ0n) is 12.1. The van der Waals surface area contributed by atoms with E-state index in [-0.39, 0.29) is 0 Å². The molecule has 0 saturated carbocycles. The maximum Gasteiger partial charge on any atom is 0.210 e. The molecule has 0 unspecified atom stereocenters. The first-order chi connectivity index (χ1) is 9.85. The fraction of sp³-hybridized carbons (Fsp3) is 0.211. The smallest absolute Gasteiger partial charge is 0.164 e. The van der Waals surface area contributed by atoms with Crippen LogP contribution < -0.4 is 4.57 Å². The quantitative estimate of drug-likeness (QED) is 0.622. The van der Waals surface area contributed by atoms with Crippen molar-refractivity contribution in [1.82, 2.24) is 0 Å². The predicted molar refractivity (Wildman–Crippen MR) is 84.2 cm³/mol. The van der Waals surface area contributed by atoms with Crippen LogP contribution in [0.3, 0.4) is 0 Å². The van der Waals surface area contributed by atoms with Crippen molar-refractivity contribution in [2.75, 3.05) is 0 Å². The molecule has 1 heterocycles. The molecule has 0 atom stereocenters. The molecule has 1 heteroatoms. The topological polar surface area (TPSA) is 3.88 Å². The summed E-state index contributed by atoms with van der Waals surface area (Å²) in [5.74, 6) is 0. The van der Waals surface area contributed by atoms with E-state index in [1.54, 1.807) is 0 Å². The van der Waals surface area contributed by atoms with Gasteiger partial charge in [0.05, 0.1) is 0 Å². The van der Waals surface area contributed by atoms with Gasteiger partial charge < -0.3 is 0 Å². The van der Waals surface area contributed by atoms with E-state index in [4.69, 9.17) is 0 Å². The number of hydrogen-bond donors (Lipinski definition) is 0. The molecule has 0 aliphatic heterocycles. The average Bonchev–Trinajstić information content (AvgIpc) is 2.53. The van der Waals surface area contributed by atoms with Gasteiger partial charge in [0.15, 0.2) is 11.9 Å². The lowest BCUT2D eigenvalue weighted by atomic mass is 10.00. The maximum atomic E-state index is 2.35. The highest BCUT2D eigenvalue weighted by molar-refractivity contribution is 5.84. The summed E-state index contributed by atoms with van der Waals surface area (Å²) in [6.07, 6.45) is 4.38. The normalized spacial score (nSPS) is 10.9. The Hall–Kier alpha value is -2.15. The number of rotatable bonds is 3. The molecule has 3 rings (SSSR count). The first-order valence-corrected chi connectivity index (χ1v) is 7.35. The van der Waals surface area contributed by atoms with E-state index in [2.05, 4.69) is 79.2 Å². The van der Waals surface area contributed by atoms with E-state index in [0.29, 0.717) is 0 Å². The Bertz CT molecular complexity index is 729. The van der Waals surface area contributed by atoms with Crippen LogP contribution in [0.5, 0.6) is 0 Å². The van der Waals surface area contributed by atoms with Gasteiger partial charge in [-0.05, 0) is 17.9 Å².